The lowest BCUT2D eigenvalue weighted by atomic mass is 9.73. The first-order valence-corrected chi connectivity index (χ1v) is 13.7. The first kappa shape index (κ1) is 25.7. The summed E-state index contributed by atoms with van der Waals surface area (Å²) < 4.78 is 80.2. The molecule has 2 amide bonds. The molecule has 3 aliphatic rings. The predicted octanol–water partition coefficient (Wildman–Crippen LogP) is 4.43. The summed E-state index contributed by atoms with van der Waals surface area (Å²) in [6.07, 6.45) is -1.92. The highest BCUT2D eigenvalue weighted by Gasteiger charge is 2.59. The van der Waals surface area contributed by atoms with E-state index in [-0.39, 0.29) is 34.9 Å². The number of carbonyl (C=O) groups excluding carboxylic acids is 2. The number of primary amides is 1. The molecule has 0 spiro atoms. The molecule has 0 aromatic heterocycles. The van der Waals surface area contributed by atoms with E-state index in [9.17, 15) is 31.2 Å². The molecule has 11 heteroatoms. The summed E-state index contributed by atoms with van der Waals surface area (Å²) in [6.45, 7) is 0.118. The molecule has 2 aromatic carbocycles. The lowest BCUT2D eigenvalue weighted by Crippen LogP contribution is -2.60. The Hall–Kier alpha value is -2.95. The van der Waals surface area contributed by atoms with Crippen LogP contribution >= 0.6 is 0 Å². The van der Waals surface area contributed by atoms with Crippen molar-refractivity contribution >= 4 is 21.7 Å². The van der Waals surface area contributed by atoms with Crippen molar-refractivity contribution < 1.29 is 35.6 Å². The average Bonchev–Trinajstić information content (AvgIpc) is 3.77. The molecule has 5 rings (SSSR count). The second kappa shape index (κ2) is 8.82. The average molecular weight is 539 g/mol. The van der Waals surface area contributed by atoms with E-state index in [2.05, 4.69) is 0 Å². The molecule has 2 saturated carbocycles. The number of likely N-dealkylation sites (tertiary alicyclic amines) is 1. The third-order valence-corrected chi connectivity index (χ3v) is 10.00. The summed E-state index contributed by atoms with van der Waals surface area (Å²) in [6, 6.07) is 7.82. The van der Waals surface area contributed by atoms with E-state index >= 15 is 4.39 Å². The normalized spacial score (nSPS) is 23.2. The van der Waals surface area contributed by atoms with Crippen LogP contribution in [0.15, 0.2) is 47.4 Å². The molecule has 0 radical (unpaired) electrons. The second-order valence-corrected chi connectivity index (χ2v) is 12.4. The van der Waals surface area contributed by atoms with Crippen LogP contribution in [0.3, 0.4) is 0 Å². The van der Waals surface area contributed by atoms with Crippen molar-refractivity contribution in [2.75, 3.05) is 6.54 Å². The van der Waals surface area contributed by atoms with Crippen LogP contribution < -0.4 is 5.73 Å². The van der Waals surface area contributed by atoms with E-state index in [1.165, 1.54) is 29.2 Å². The molecule has 1 aliphatic heterocycles. The van der Waals surface area contributed by atoms with Gasteiger partial charge in [-0.3, -0.25) is 9.59 Å². The van der Waals surface area contributed by atoms with Gasteiger partial charge in [-0.1, -0.05) is 12.1 Å². The topological polar surface area (TPSA) is 97.5 Å². The summed E-state index contributed by atoms with van der Waals surface area (Å²) in [4.78, 5) is 28.2. The van der Waals surface area contributed by atoms with E-state index < -0.39 is 55.9 Å². The van der Waals surface area contributed by atoms with Crippen molar-refractivity contribution in [2.24, 2.45) is 11.7 Å². The molecule has 2 N–H and O–H groups in total. The molecular formula is C26H26F4N2O4S. The van der Waals surface area contributed by atoms with Gasteiger partial charge in [-0.2, -0.15) is 13.2 Å². The Bertz CT molecular complexity index is 1370. The minimum Gasteiger partial charge on any atom is -0.368 e. The highest BCUT2D eigenvalue weighted by molar-refractivity contribution is 7.92. The van der Waals surface area contributed by atoms with Crippen molar-refractivity contribution in [3.05, 3.63) is 65.0 Å². The lowest BCUT2D eigenvalue weighted by Gasteiger charge is -2.43. The number of halogens is 4. The molecule has 1 saturated heterocycles. The van der Waals surface area contributed by atoms with Gasteiger partial charge in [0.15, 0.2) is 9.84 Å². The minimum absolute atomic E-state index is 0.0113. The van der Waals surface area contributed by atoms with E-state index in [0.717, 1.165) is 12.1 Å². The number of rotatable bonds is 7. The van der Waals surface area contributed by atoms with Crippen molar-refractivity contribution in [2.45, 2.75) is 66.3 Å². The smallest absolute Gasteiger partial charge is 0.368 e. The molecule has 198 valence electrons. The van der Waals surface area contributed by atoms with E-state index in [4.69, 9.17) is 5.73 Å². The van der Waals surface area contributed by atoms with Crippen LogP contribution in [0.25, 0.3) is 0 Å². The van der Waals surface area contributed by atoms with Gasteiger partial charge in [-0.15, -0.1) is 0 Å². The molecule has 0 unspecified atom stereocenters. The van der Waals surface area contributed by atoms with Crippen molar-refractivity contribution in [3.63, 3.8) is 0 Å². The number of nitrogens with zero attached hydrogens (tertiary/aromatic N) is 1. The quantitative estimate of drug-likeness (QED) is 0.528. The Balaban J connectivity index is 1.57. The van der Waals surface area contributed by atoms with Gasteiger partial charge in [0.25, 0.3) is 5.91 Å². The predicted molar refractivity (Wildman–Crippen MR) is 126 cm³/mol. The Morgan fingerprint density at radius 3 is 2.32 bits per heavy atom. The Morgan fingerprint density at radius 2 is 1.76 bits per heavy atom. The largest absolute Gasteiger partial charge is 0.416 e. The van der Waals surface area contributed by atoms with Crippen LogP contribution in [0, 0.1) is 11.7 Å². The van der Waals surface area contributed by atoms with Crippen LogP contribution in [-0.2, 0) is 20.8 Å². The highest BCUT2D eigenvalue weighted by atomic mass is 32.2. The van der Waals surface area contributed by atoms with Crippen LogP contribution in [0.4, 0.5) is 17.6 Å². The Kier molecular flexibility index (Phi) is 6.12. The van der Waals surface area contributed by atoms with Crippen molar-refractivity contribution in [1.29, 1.82) is 0 Å². The van der Waals surface area contributed by atoms with Gasteiger partial charge in [-0.05, 0) is 80.3 Å². The monoisotopic (exact) mass is 538 g/mol. The maximum Gasteiger partial charge on any atom is 0.416 e. The standard InChI is InChI=1S/C26H26F4N2O4S/c27-21-14-17(26(28,29)30)7-10-20(21)22(15-5-6-15)25(24(31)34)11-2-12-32(25)23(33)16-3-1-4-19(13-16)37(35,36)18-8-9-18/h1,3-4,7,10,13-15,18,22H,2,5-6,8-9,11-12H2,(H2,31,34)/t22-,25+/m1/s1. The van der Waals surface area contributed by atoms with Gasteiger partial charge in [-0.25, -0.2) is 12.8 Å². The lowest BCUT2D eigenvalue weighted by molar-refractivity contribution is -0.138. The first-order valence-electron chi connectivity index (χ1n) is 12.2. The molecule has 6 nitrogen and oxygen atoms in total. The fraction of sp³-hybridized carbons (Fsp3) is 0.462. The third kappa shape index (κ3) is 4.41. The van der Waals surface area contributed by atoms with E-state index in [0.29, 0.717) is 38.2 Å². The number of hydrogen-bond donors (Lipinski definition) is 1. The van der Waals surface area contributed by atoms with Crippen LogP contribution in [0.1, 0.15) is 65.9 Å². The summed E-state index contributed by atoms with van der Waals surface area (Å²) in [7, 11) is -3.58. The summed E-state index contributed by atoms with van der Waals surface area (Å²) in [5, 5.41) is -0.476. The molecule has 3 fully saturated rings. The SMILES string of the molecule is NC(=O)[C@@]1([C@@H](c2ccc(C(F)(F)F)cc2F)C2CC2)CCCN1C(=O)c1cccc(S(=O)(=O)C2CC2)c1. The molecule has 2 aromatic rings. The van der Waals surface area contributed by atoms with Crippen molar-refractivity contribution in [3.8, 4) is 0 Å². The number of benzene rings is 2. The zero-order chi connectivity index (χ0) is 26.8. The van der Waals surface area contributed by atoms with Gasteiger partial charge in [0.05, 0.1) is 15.7 Å². The minimum atomic E-state index is -4.74. The summed E-state index contributed by atoms with van der Waals surface area (Å²) >= 11 is 0. The first-order chi connectivity index (χ1) is 17.4. The van der Waals surface area contributed by atoms with Crippen LogP contribution in [0.5, 0.6) is 0 Å². The summed E-state index contributed by atoms with van der Waals surface area (Å²) in [5.74, 6) is -3.77. The number of hydrogen-bond acceptors (Lipinski definition) is 4. The van der Waals surface area contributed by atoms with E-state index in [1.54, 1.807) is 0 Å². The number of amides is 2. The molecule has 2 aliphatic carbocycles. The number of alkyl halides is 3. The molecular weight excluding hydrogens is 512 g/mol. The molecule has 0 bridgehead atoms. The zero-order valence-electron chi connectivity index (χ0n) is 19.8. The van der Waals surface area contributed by atoms with Gasteiger partial charge in [0.2, 0.25) is 5.91 Å². The van der Waals surface area contributed by atoms with Gasteiger partial charge >= 0.3 is 6.18 Å². The van der Waals surface area contributed by atoms with Gasteiger partial charge in [0.1, 0.15) is 11.4 Å². The van der Waals surface area contributed by atoms with Gasteiger partial charge < -0.3 is 10.6 Å². The highest BCUT2D eigenvalue weighted by Crippen LogP contribution is 2.54. The van der Waals surface area contributed by atoms with Gasteiger partial charge in [0, 0.05) is 18.0 Å². The third-order valence-electron chi connectivity index (χ3n) is 7.74. The molecule has 1 heterocycles. The summed E-state index contributed by atoms with van der Waals surface area (Å²) in [5.41, 5.74) is 3.07. The molecule has 37 heavy (non-hydrogen) atoms. The van der Waals surface area contributed by atoms with Crippen LogP contribution in [-0.4, -0.2) is 42.5 Å². The Morgan fingerprint density at radius 1 is 1.05 bits per heavy atom. The fourth-order valence-corrected chi connectivity index (χ4v) is 7.38. The Labute approximate surface area is 211 Å². The fourth-order valence-electron chi connectivity index (χ4n) is 5.68. The van der Waals surface area contributed by atoms with Crippen LogP contribution in [0.2, 0.25) is 0 Å². The maximum absolute atomic E-state index is 15.2. The van der Waals surface area contributed by atoms with Crippen molar-refractivity contribution in [1.82, 2.24) is 4.90 Å². The number of nitrogens with two attached hydrogens (primary N) is 1. The number of sulfone groups is 1. The number of carbonyl (C=O) groups is 2. The molecule has 2 atom stereocenters. The second-order valence-electron chi connectivity index (χ2n) is 10.2. The zero-order valence-corrected chi connectivity index (χ0v) is 20.6. The van der Waals surface area contributed by atoms with E-state index in [1.807, 2.05) is 0 Å². The maximum atomic E-state index is 15.2.